The number of carbonyl (C=O) groups excluding carboxylic acids is 1. The first-order valence-corrected chi connectivity index (χ1v) is 7.27. The molecule has 0 bridgehead atoms. The summed E-state index contributed by atoms with van der Waals surface area (Å²) in [6, 6.07) is 7.54. The van der Waals surface area contributed by atoms with Crippen molar-refractivity contribution in [3.8, 4) is 0 Å². The summed E-state index contributed by atoms with van der Waals surface area (Å²) in [5.74, 6) is 0.0166. The third-order valence-electron chi connectivity index (χ3n) is 2.40. The number of benzene rings is 1. The number of amides is 1. The molecule has 18 heavy (non-hydrogen) atoms. The third kappa shape index (κ3) is 3.92. The number of hydrogen-bond acceptors (Lipinski definition) is 3. The van der Waals surface area contributed by atoms with E-state index in [1.807, 2.05) is 36.6 Å². The maximum atomic E-state index is 11.7. The molecule has 2 rings (SSSR count). The van der Waals surface area contributed by atoms with E-state index in [-0.39, 0.29) is 5.91 Å². The number of anilines is 1. The largest absolute Gasteiger partial charge is 0.326 e. The highest BCUT2D eigenvalue weighted by atomic mass is 79.9. The number of aromatic nitrogens is 1. The smallest absolute Gasteiger partial charge is 0.224 e. The Labute approximate surface area is 118 Å². The molecule has 3 nitrogen and oxygen atoms in total. The minimum atomic E-state index is 0.0166. The van der Waals surface area contributed by atoms with Crippen LogP contribution in [0.1, 0.15) is 17.1 Å². The summed E-state index contributed by atoms with van der Waals surface area (Å²) >= 11 is 4.97. The van der Waals surface area contributed by atoms with Gasteiger partial charge in [-0.3, -0.25) is 4.79 Å². The van der Waals surface area contributed by atoms with Gasteiger partial charge < -0.3 is 5.32 Å². The molecule has 5 heteroatoms. The van der Waals surface area contributed by atoms with E-state index >= 15 is 0 Å². The first kappa shape index (κ1) is 13.2. The highest BCUT2D eigenvalue weighted by Gasteiger charge is 2.05. The van der Waals surface area contributed by atoms with Gasteiger partial charge in [-0.15, -0.1) is 11.3 Å². The second-order valence-corrected chi connectivity index (χ2v) is 5.89. The molecule has 0 spiro atoms. The number of aryl methyl sites for hydroxylation is 2. The number of nitrogens with one attached hydrogen (secondary N) is 1. The van der Waals surface area contributed by atoms with Gasteiger partial charge in [-0.1, -0.05) is 15.9 Å². The van der Waals surface area contributed by atoms with E-state index < -0.39 is 0 Å². The Morgan fingerprint density at radius 2 is 2.11 bits per heavy atom. The molecule has 0 saturated carbocycles. The summed E-state index contributed by atoms with van der Waals surface area (Å²) in [7, 11) is 0. The third-order valence-corrected chi connectivity index (χ3v) is 3.75. The summed E-state index contributed by atoms with van der Waals surface area (Å²) in [5.41, 5.74) is 1.81. The van der Waals surface area contributed by atoms with Gasteiger partial charge in [0.25, 0.3) is 0 Å². The monoisotopic (exact) mass is 324 g/mol. The molecule has 1 aromatic heterocycles. The molecule has 0 fully saturated rings. The van der Waals surface area contributed by atoms with Crippen LogP contribution in [0.3, 0.4) is 0 Å². The van der Waals surface area contributed by atoms with Crippen LogP contribution in [0.15, 0.2) is 34.1 Å². The van der Waals surface area contributed by atoms with Gasteiger partial charge in [0, 0.05) is 22.0 Å². The van der Waals surface area contributed by atoms with Gasteiger partial charge in [0.1, 0.15) is 0 Å². The van der Waals surface area contributed by atoms with E-state index in [0.717, 1.165) is 20.9 Å². The van der Waals surface area contributed by atoms with E-state index in [1.54, 1.807) is 11.3 Å². The summed E-state index contributed by atoms with van der Waals surface area (Å²) in [6.07, 6.45) is 1.14. The van der Waals surface area contributed by atoms with Crippen LogP contribution in [0.5, 0.6) is 0 Å². The molecule has 1 aromatic carbocycles. The van der Waals surface area contributed by atoms with Crippen molar-refractivity contribution in [2.75, 3.05) is 5.32 Å². The maximum absolute atomic E-state index is 11.7. The van der Waals surface area contributed by atoms with Crippen molar-refractivity contribution < 1.29 is 4.79 Å². The normalized spacial score (nSPS) is 10.3. The molecule has 1 heterocycles. The van der Waals surface area contributed by atoms with Crippen molar-refractivity contribution in [1.29, 1.82) is 0 Å². The van der Waals surface area contributed by atoms with Crippen LogP contribution >= 0.6 is 27.3 Å². The number of halogens is 1. The lowest BCUT2D eigenvalue weighted by molar-refractivity contribution is -0.116. The van der Waals surface area contributed by atoms with Crippen LogP contribution in [-0.2, 0) is 11.2 Å². The number of rotatable bonds is 4. The quantitative estimate of drug-likeness (QED) is 0.929. The lowest BCUT2D eigenvalue weighted by Gasteiger charge is -2.04. The van der Waals surface area contributed by atoms with Gasteiger partial charge in [-0.05, 0) is 37.6 Å². The van der Waals surface area contributed by atoms with Crippen LogP contribution in [0.25, 0.3) is 0 Å². The van der Waals surface area contributed by atoms with E-state index in [9.17, 15) is 4.79 Å². The molecule has 0 saturated heterocycles. The number of carbonyl (C=O) groups is 1. The Kier molecular flexibility index (Phi) is 4.49. The molecular formula is C13H13BrN2OS. The Balaban J connectivity index is 1.83. The molecule has 2 aromatic rings. The van der Waals surface area contributed by atoms with Crippen LogP contribution in [0, 0.1) is 6.92 Å². The van der Waals surface area contributed by atoms with Crippen LogP contribution in [0.4, 0.5) is 5.69 Å². The Bertz CT molecular complexity index is 536. The molecule has 0 radical (unpaired) electrons. The average molecular weight is 325 g/mol. The molecule has 0 aliphatic rings. The lowest BCUT2D eigenvalue weighted by atomic mass is 10.2. The van der Waals surface area contributed by atoms with Gasteiger partial charge >= 0.3 is 0 Å². The van der Waals surface area contributed by atoms with Gasteiger partial charge in [0.15, 0.2) is 0 Å². The second kappa shape index (κ2) is 6.11. The summed E-state index contributed by atoms with van der Waals surface area (Å²) in [4.78, 5) is 16.1. The first-order chi connectivity index (χ1) is 8.63. The number of hydrogen-bond donors (Lipinski definition) is 1. The van der Waals surface area contributed by atoms with Gasteiger partial charge in [0.2, 0.25) is 5.91 Å². The minimum Gasteiger partial charge on any atom is -0.326 e. The van der Waals surface area contributed by atoms with Crippen molar-refractivity contribution in [3.05, 3.63) is 44.8 Å². The molecular weight excluding hydrogens is 312 g/mol. The fourth-order valence-electron chi connectivity index (χ4n) is 1.52. The van der Waals surface area contributed by atoms with E-state index in [1.165, 1.54) is 0 Å². The zero-order chi connectivity index (χ0) is 13.0. The van der Waals surface area contributed by atoms with E-state index in [4.69, 9.17) is 0 Å². The zero-order valence-electron chi connectivity index (χ0n) is 9.94. The van der Waals surface area contributed by atoms with Gasteiger partial charge in [-0.2, -0.15) is 0 Å². The Morgan fingerprint density at radius 1 is 1.39 bits per heavy atom. The zero-order valence-corrected chi connectivity index (χ0v) is 12.3. The Hall–Kier alpha value is -1.20. The molecule has 1 amide bonds. The topological polar surface area (TPSA) is 42.0 Å². The predicted octanol–water partition coefficient (Wildman–Crippen LogP) is 3.79. The van der Waals surface area contributed by atoms with E-state index in [0.29, 0.717) is 12.8 Å². The standard InChI is InChI=1S/C13H13BrN2OS/c1-9-15-12(8-18-9)6-7-13(17)16-11-4-2-10(14)3-5-11/h2-5,8H,6-7H2,1H3,(H,16,17). The van der Waals surface area contributed by atoms with Gasteiger partial charge in [0.05, 0.1) is 10.7 Å². The SMILES string of the molecule is Cc1nc(CCC(=O)Nc2ccc(Br)cc2)cs1. The molecule has 0 aliphatic carbocycles. The van der Waals surface area contributed by atoms with Crippen molar-refractivity contribution >= 4 is 38.9 Å². The van der Waals surface area contributed by atoms with Crippen molar-refractivity contribution in [2.24, 2.45) is 0 Å². The van der Waals surface area contributed by atoms with Gasteiger partial charge in [-0.25, -0.2) is 4.98 Å². The van der Waals surface area contributed by atoms with Crippen LogP contribution < -0.4 is 5.32 Å². The fraction of sp³-hybridized carbons (Fsp3) is 0.231. The molecule has 1 N–H and O–H groups in total. The van der Waals surface area contributed by atoms with Crippen molar-refractivity contribution in [3.63, 3.8) is 0 Å². The van der Waals surface area contributed by atoms with Crippen molar-refractivity contribution in [2.45, 2.75) is 19.8 Å². The minimum absolute atomic E-state index is 0.0166. The number of nitrogens with zero attached hydrogens (tertiary/aromatic N) is 1. The molecule has 0 aliphatic heterocycles. The predicted molar refractivity (Wildman–Crippen MR) is 77.9 cm³/mol. The highest BCUT2D eigenvalue weighted by molar-refractivity contribution is 9.10. The van der Waals surface area contributed by atoms with Crippen molar-refractivity contribution in [1.82, 2.24) is 4.98 Å². The second-order valence-electron chi connectivity index (χ2n) is 3.91. The Morgan fingerprint density at radius 3 is 2.72 bits per heavy atom. The summed E-state index contributed by atoms with van der Waals surface area (Å²) in [5, 5.41) is 5.90. The van der Waals surface area contributed by atoms with Crippen LogP contribution in [0.2, 0.25) is 0 Å². The fourth-order valence-corrected chi connectivity index (χ4v) is 2.43. The summed E-state index contributed by atoms with van der Waals surface area (Å²) < 4.78 is 0.999. The molecule has 94 valence electrons. The van der Waals surface area contributed by atoms with Crippen LogP contribution in [-0.4, -0.2) is 10.9 Å². The lowest BCUT2D eigenvalue weighted by Crippen LogP contribution is -2.12. The number of thiazole rings is 1. The maximum Gasteiger partial charge on any atom is 0.224 e. The average Bonchev–Trinajstić information content (AvgIpc) is 2.76. The molecule has 0 atom stereocenters. The van der Waals surface area contributed by atoms with E-state index in [2.05, 4.69) is 26.2 Å². The molecule has 0 unspecified atom stereocenters. The highest BCUT2D eigenvalue weighted by Crippen LogP contribution is 2.15. The summed E-state index contributed by atoms with van der Waals surface area (Å²) in [6.45, 7) is 1.97. The first-order valence-electron chi connectivity index (χ1n) is 5.60.